The molecule has 0 bridgehead atoms. The Morgan fingerprint density at radius 1 is 1.31 bits per heavy atom. The minimum atomic E-state index is 0.355. The molecule has 1 aliphatic heterocycles. The summed E-state index contributed by atoms with van der Waals surface area (Å²) in [5.41, 5.74) is 2.88. The van der Waals surface area contributed by atoms with Gasteiger partial charge in [-0.15, -0.1) is 0 Å². The molecular formula is C14H21NO. The highest BCUT2D eigenvalue weighted by molar-refractivity contribution is 5.25. The van der Waals surface area contributed by atoms with E-state index in [-0.39, 0.29) is 0 Å². The second-order valence-electron chi connectivity index (χ2n) is 4.84. The largest absolute Gasteiger partial charge is 0.396 e. The molecule has 1 saturated heterocycles. The summed E-state index contributed by atoms with van der Waals surface area (Å²) in [6, 6.07) is 8.62. The van der Waals surface area contributed by atoms with Gasteiger partial charge in [-0.25, -0.2) is 0 Å². The zero-order chi connectivity index (χ0) is 11.4. The summed E-state index contributed by atoms with van der Waals surface area (Å²) < 4.78 is 0. The first kappa shape index (κ1) is 11.6. The molecular weight excluding hydrogens is 198 g/mol. The predicted octanol–water partition coefficient (Wildman–Crippen LogP) is 1.85. The fourth-order valence-corrected chi connectivity index (χ4v) is 2.36. The van der Waals surface area contributed by atoms with Gasteiger partial charge in [-0.3, -0.25) is 0 Å². The van der Waals surface area contributed by atoms with Crippen LogP contribution >= 0.6 is 0 Å². The SMILES string of the molecule is Cc1ccccc1CCCN1CC(CO)C1. The molecule has 1 aromatic rings. The first-order valence-electron chi connectivity index (χ1n) is 6.17. The highest BCUT2D eigenvalue weighted by Gasteiger charge is 2.24. The summed E-state index contributed by atoms with van der Waals surface area (Å²) >= 11 is 0. The molecule has 0 saturated carbocycles. The number of hydrogen-bond acceptors (Lipinski definition) is 2. The molecule has 0 aliphatic carbocycles. The molecule has 0 spiro atoms. The average Bonchev–Trinajstić information content (AvgIpc) is 2.24. The van der Waals surface area contributed by atoms with E-state index in [0.29, 0.717) is 12.5 Å². The Kier molecular flexibility index (Phi) is 3.97. The molecule has 88 valence electrons. The molecule has 2 rings (SSSR count). The Morgan fingerprint density at radius 3 is 2.75 bits per heavy atom. The van der Waals surface area contributed by atoms with Crippen molar-refractivity contribution in [1.82, 2.24) is 4.90 Å². The highest BCUT2D eigenvalue weighted by atomic mass is 16.3. The molecule has 1 fully saturated rings. The molecule has 2 heteroatoms. The topological polar surface area (TPSA) is 23.5 Å². The Balaban J connectivity index is 1.67. The second-order valence-corrected chi connectivity index (χ2v) is 4.84. The van der Waals surface area contributed by atoms with Crippen LogP contribution in [0.25, 0.3) is 0 Å². The van der Waals surface area contributed by atoms with Crippen LogP contribution in [0.4, 0.5) is 0 Å². The first-order valence-corrected chi connectivity index (χ1v) is 6.17. The highest BCUT2D eigenvalue weighted by Crippen LogP contribution is 2.16. The van der Waals surface area contributed by atoms with Crippen molar-refractivity contribution >= 4 is 0 Å². The molecule has 0 atom stereocenters. The summed E-state index contributed by atoms with van der Waals surface area (Å²) in [4.78, 5) is 2.43. The predicted molar refractivity (Wildman–Crippen MR) is 66.5 cm³/mol. The lowest BCUT2D eigenvalue weighted by Gasteiger charge is -2.38. The molecule has 0 aromatic heterocycles. The lowest BCUT2D eigenvalue weighted by Crippen LogP contribution is -2.48. The molecule has 0 amide bonds. The molecule has 2 nitrogen and oxygen atoms in total. The van der Waals surface area contributed by atoms with Crippen LogP contribution in [0, 0.1) is 12.8 Å². The normalized spacial score (nSPS) is 17.4. The average molecular weight is 219 g/mol. The summed E-state index contributed by atoms with van der Waals surface area (Å²) in [5, 5.41) is 8.92. The van der Waals surface area contributed by atoms with Crippen molar-refractivity contribution in [3.8, 4) is 0 Å². The Hall–Kier alpha value is -0.860. The van der Waals surface area contributed by atoms with E-state index >= 15 is 0 Å². The molecule has 1 heterocycles. The van der Waals surface area contributed by atoms with E-state index in [4.69, 9.17) is 5.11 Å². The number of aliphatic hydroxyl groups excluding tert-OH is 1. The van der Waals surface area contributed by atoms with Crippen LogP contribution in [0.1, 0.15) is 17.5 Å². The van der Waals surface area contributed by atoms with Gasteiger partial charge in [0, 0.05) is 25.6 Å². The maximum atomic E-state index is 8.92. The van der Waals surface area contributed by atoms with Crippen LogP contribution in [-0.4, -0.2) is 36.2 Å². The van der Waals surface area contributed by atoms with Gasteiger partial charge in [-0.2, -0.15) is 0 Å². The van der Waals surface area contributed by atoms with Gasteiger partial charge in [0.05, 0.1) is 0 Å². The Labute approximate surface area is 97.9 Å². The summed E-state index contributed by atoms with van der Waals surface area (Å²) in [6.45, 7) is 5.88. The fraction of sp³-hybridized carbons (Fsp3) is 0.571. The molecule has 1 aliphatic rings. The van der Waals surface area contributed by atoms with Crippen molar-refractivity contribution in [3.63, 3.8) is 0 Å². The smallest absolute Gasteiger partial charge is 0.0483 e. The third-order valence-corrected chi connectivity index (χ3v) is 3.47. The van der Waals surface area contributed by atoms with Crippen molar-refractivity contribution in [2.45, 2.75) is 19.8 Å². The van der Waals surface area contributed by atoms with Crippen LogP contribution in [0.3, 0.4) is 0 Å². The quantitative estimate of drug-likeness (QED) is 0.817. The zero-order valence-electron chi connectivity index (χ0n) is 10.0. The van der Waals surface area contributed by atoms with Gasteiger partial charge in [0.1, 0.15) is 0 Å². The number of aliphatic hydroxyl groups is 1. The van der Waals surface area contributed by atoms with Gasteiger partial charge in [-0.05, 0) is 37.4 Å². The Morgan fingerprint density at radius 2 is 2.06 bits per heavy atom. The van der Waals surface area contributed by atoms with Gasteiger partial charge < -0.3 is 10.0 Å². The maximum absolute atomic E-state index is 8.92. The van der Waals surface area contributed by atoms with E-state index in [2.05, 4.69) is 36.1 Å². The summed E-state index contributed by atoms with van der Waals surface area (Å²) in [5.74, 6) is 0.540. The van der Waals surface area contributed by atoms with E-state index in [9.17, 15) is 0 Å². The van der Waals surface area contributed by atoms with Crippen molar-refractivity contribution < 1.29 is 5.11 Å². The first-order chi connectivity index (χ1) is 7.79. The van der Waals surface area contributed by atoms with Gasteiger partial charge in [0.25, 0.3) is 0 Å². The van der Waals surface area contributed by atoms with Crippen LogP contribution in [0.5, 0.6) is 0 Å². The van der Waals surface area contributed by atoms with E-state index in [0.717, 1.165) is 13.1 Å². The number of nitrogens with zero attached hydrogens (tertiary/aromatic N) is 1. The number of benzene rings is 1. The number of hydrogen-bond donors (Lipinski definition) is 1. The van der Waals surface area contributed by atoms with Gasteiger partial charge >= 0.3 is 0 Å². The fourth-order valence-electron chi connectivity index (χ4n) is 2.36. The van der Waals surface area contributed by atoms with E-state index in [1.807, 2.05) is 0 Å². The van der Waals surface area contributed by atoms with Gasteiger partial charge in [0.15, 0.2) is 0 Å². The summed E-state index contributed by atoms with van der Waals surface area (Å²) in [6.07, 6.45) is 2.40. The zero-order valence-corrected chi connectivity index (χ0v) is 10.0. The van der Waals surface area contributed by atoms with Crippen LogP contribution in [-0.2, 0) is 6.42 Å². The summed E-state index contributed by atoms with van der Waals surface area (Å²) in [7, 11) is 0. The van der Waals surface area contributed by atoms with Crippen LogP contribution in [0.2, 0.25) is 0 Å². The van der Waals surface area contributed by atoms with Gasteiger partial charge in [-0.1, -0.05) is 24.3 Å². The second kappa shape index (κ2) is 5.46. The van der Waals surface area contributed by atoms with Crippen LogP contribution in [0.15, 0.2) is 24.3 Å². The number of rotatable bonds is 5. The van der Waals surface area contributed by atoms with Crippen molar-refractivity contribution in [3.05, 3.63) is 35.4 Å². The minimum Gasteiger partial charge on any atom is -0.396 e. The van der Waals surface area contributed by atoms with E-state index in [1.54, 1.807) is 0 Å². The molecule has 16 heavy (non-hydrogen) atoms. The Bertz CT molecular complexity index is 331. The number of likely N-dealkylation sites (tertiary alicyclic amines) is 1. The van der Waals surface area contributed by atoms with Crippen molar-refractivity contribution in [1.29, 1.82) is 0 Å². The lowest BCUT2D eigenvalue weighted by molar-refractivity contribution is 0.0533. The maximum Gasteiger partial charge on any atom is 0.0483 e. The molecule has 0 radical (unpaired) electrons. The van der Waals surface area contributed by atoms with Gasteiger partial charge in [0.2, 0.25) is 0 Å². The van der Waals surface area contributed by atoms with Crippen molar-refractivity contribution in [2.75, 3.05) is 26.2 Å². The van der Waals surface area contributed by atoms with Crippen LogP contribution < -0.4 is 0 Å². The molecule has 0 unspecified atom stereocenters. The molecule has 1 aromatic carbocycles. The third kappa shape index (κ3) is 2.83. The van der Waals surface area contributed by atoms with Crippen molar-refractivity contribution in [2.24, 2.45) is 5.92 Å². The molecule has 1 N–H and O–H groups in total. The van der Waals surface area contributed by atoms with E-state index < -0.39 is 0 Å². The standard InChI is InChI=1S/C14H21NO/c1-12-5-2-3-6-14(12)7-4-8-15-9-13(10-15)11-16/h2-3,5-6,13,16H,4,7-11H2,1H3. The number of aryl methyl sites for hydroxylation is 2. The lowest BCUT2D eigenvalue weighted by atomic mass is 9.99. The monoisotopic (exact) mass is 219 g/mol. The minimum absolute atomic E-state index is 0.355. The van der Waals surface area contributed by atoms with E-state index in [1.165, 1.54) is 30.5 Å². The third-order valence-electron chi connectivity index (χ3n) is 3.47.